The molecule has 0 spiro atoms. The lowest BCUT2D eigenvalue weighted by Gasteiger charge is -2.20. The molecule has 1 aliphatic heterocycles. The van der Waals surface area contributed by atoms with Crippen LogP contribution in [0.25, 0.3) is 0 Å². The van der Waals surface area contributed by atoms with E-state index in [0.717, 1.165) is 10.6 Å². The van der Waals surface area contributed by atoms with Crippen LogP contribution in [0.5, 0.6) is 0 Å². The Bertz CT molecular complexity index is 413. The van der Waals surface area contributed by atoms with Crippen LogP contribution in [0, 0.1) is 0 Å². The number of carbonyl (C=O) groups is 1. The summed E-state index contributed by atoms with van der Waals surface area (Å²) in [6, 6.07) is 1.89. The highest BCUT2D eigenvalue weighted by Gasteiger charge is 2.31. The van der Waals surface area contributed by atoms with Crippen LogP contribution >= 0.6 is 11.3 Å². The molecule has 1 saturated heterocycles. The second kappa shape index (κ2) is 5.79. The molecule has 1 unspecified atom stereocenters. The zero-order chi connectivity index (χ0) is 13.0. The molecule has 0 saturated carbocycles. The molecule has 2 heterocycles. The van der Waals surface area contributed by atoms with Gasteiger partial charge in [-0.05, 0) is 11.4 Å². The van der Waals surface area contributed by atoms with Crippen LogP contribution in [-0.2, 0) is 16.1 Å². The molecular formula is C12H18N2O3S. The third-order valence-corrected chi connectivity index (χ3v) is 3.80. The molecule has 3 N–H and O–H groups in total. The smallest absolute Gasteiger partial charge is 0.221 e. The number of aliphatic hydroxyl groups is 1. The zero-order valence-electron chi connectivity index (χ0n) is 10.4. The largest absolute Gasteiger partial charge is 0.386 e. The minimum absolute atomic E-state index is 0.0718. The molecule has 18 heavy (non-hydrogen) atoms. The van der Waals surface area contributed by atoms with Gasteiger partial charge in [-0.3, -0.25) is 4.79 Å². The molecular weight excluding hydrogens is 252 g/mol. The highest BCUT2D eigenvalue weighted by molar-refractivity contribution is 7.10. The van der Waals surface area contributed by atoms with Gasteiger partial charge in [0.25, 0.3) is 0 Å². The van der Waals surface area contributed by atoms with Gasteiger partial charge in [-0.15, -0.1) is 11.3 Å². The lowest BCUT2D eigenvalue weighted by Crippen LogP contribution is -2.40. The van der Waals surface area contributed by atoms with Gasteiger partial charge < -0.3 is 20.5 Å². The Hall–Kier alpha value is -0.950. The van der Waals surface area contributed by atoms with Crippen molar-refractivity contribution in [1.82, 2.24) is 5.32 Å². The van der Waals surface area contributed by atoms with Crippen LogP contribution in [0.1, 0.15) is 18.2 Å². The number of anilines is 1. The average molecular weight is 270 g/mol. The van der Waals surface area contributed by atoms with Gasteiger partial charge in [-0.2, -0.15) is 0 Å². The number of rotatable bonds is 5. The van der Waals surface area contributed by atoms with Crippen molar-refractivity contribution in [1.29, 1.82) is 0 Å². The molecule has 0 aromatic carbocycles. The highest BCUT2D eigenvalue weighted by Crippen LogP contribution is 2.23. The van der Waals surface area contributed by atoms with Crippen molar-refractivity contribution in [2.24, 2.45) is 0 Å². The van der Waals surface area contributed by atoms with Crippen LogP contribution in [-0.4, -0.2) is 36.4 Å². The van der Waals surface area contributed by atoms with E-state index in [2.05, 4.69) is 10.6 Å². The standard InChI is InChI=1S/C12H18N2O3S/c1-9(15)14-10-2-5-18-11(10)6-13-7-12(16)3-4-17-8-12/h2,5,13,16H,3-4,6-8H2,1H3,(H,14,15). The second-order valence-corrected chi connectivity index (χ2v) is 5.57. The fourth-order valence-corrected chi connectivity index (χ4v) is 2.72. The van der Waals surface area contributed by atoms with Crippen LogP contribution in [0.4, 0.5) is 5.69 Å². The average Bonchev–Trinajstić information content (AvgIpc) is 2.89. The molecule has 1 fully saturated rings. The van der Waals surface area contributed by atoms with Crippen molar-refractivity contribution >= 4 is 22.9 Å². The summed E-state index contributed by atoms with van der Waals surface area (Å²) < 4.78 is 5.18. The highest BCUT2D eigenvalue weighted by atomic mass is 32.1. The maximum atomic E-state index is 11.0. The molecule has 2 rings (SSSR count). The topological polar surface area (TPSA) is 70.6 Å². The summed E-state index contributed by atoms with van der Waals surface area (Å²) in [7, 11) is 0. The monoisotopic (exact) mass is 270 g/mol. The van der Waals surface area contributed by atoms with Crippen LogP contribution in [0.15, 0.2) is 11.4 Å². The van der Waals surface area contributed by atoms with Gasteiger partial charge in [0, 0.05) is 37.9 Å². The van der Waals surface area contributed by atoms with Gasteiger partial charge >= 0.3 is 0 Å². The number of amides is 1. The molecule has 1 aliphatic rings. The van der Waals surface area contributed by atoms with E-state index in [1.165, 1.54) is 6.92 Å². The molecule has 1 atom stereocenters. The third-order valence-electron chi connectivity index (χ3n) is 2.88. The molecule has 1 aromatic heterocycles. The summed E-state index contributed by atoms with van der Waals surface area (Å²) in [6.45, 7) is 3.64. The molecule has 1 amide bonds. The molecule has 0 aliphatic carbocycles. The number of ether oxygens (including phenoxy) is 1. The zero-order valence-corrected chi connectivity index (χ0v) is 11.2. The maximum Gasteiger partial charge on any atom is 0.221 e. The normalized spacial score (nSPS) is 23.2. The Morgan fingerprint density at radius 2 is 2.50 bits per heavy atom. The summed E-state index contributed by atoms with van der Waals surface area (Å²) in [6.07, 6.45) is 0.670. The molecule has 1 aromatic rings. The van der Waals surface area contributed by atoms with Crippen LogP contribution in [0.2, 0.25) is 0 Å². The predicted octanol–water partition coefficient (Wildman–Crippen LogP) is 0.948. The fraction of sp³-hybridized carbons (Fsp3) is 0.583. The lowest BCUT2D eigenvalue weighted by atomic mass is 10.0. The van der Waals surface area contributed by atoms with E-state index in [1.54, 1.807) is 11.3 Å². The molecule has 100 valence electrons. The summed E-state index contributed by atoms with van der Waals surface area (Å²) >= 11 is 1.58. The molecule has 0 bridgehead atoms. The number of nitrogens with one attached hydrogen (secondary N) is 2. The van der Waals surface area contributed by atoms with Gasteiger partial charge in [0.2, 0.25) is 5.91 Å². The van der Waals surface area contributed by atoms with Crippen molar-refractivity contribution in [3.8, 4) is 0 Å². The predicted molar refractivity (Wildman–Crippen MR) is 70.7 cm³/mol. The van der Waals surface area contributed by atoms with E-state index in [1.807, 2.05) is 11.4 Å². The minimum Gasteiger partial charge on any atom is -0.386 e. The van der Waals surface area contributed by atoms with E-state index in [-0.39, 0.29) is 5.91 Å². The van der Waals surface area contributed by atoms with Crippen molar-refractivity contribution in [3.63, 3.8) is 0 Å². The van der Waals surface area contributed by atoms with Crippen LogP contribution < -0.4 is 10.6 Å². The van der Waals surface area contributed by atoms with E-state index in [9.17, 15) is 9.90 Å². The Morgan fingerprint density at radius 3 is 3.17 bits per heavy atom. The number of thiophene rings is 1. The van der Waals surface area contributed by atoms with E-state index < -0.39 is 5.60 Å². The van der Waals surface area contributed by atoms with Crippen molar-refractivity contribution < 1.29 is 14.6 Å². The lowest BCUT2D eigenvalue weighted by molar-refractivity contribution is -0.114. The second-order valence-electron chi connectivity index (χ2n) is 4.57. The third kappa shape index (κ3) is 3.52. The first-order chi connectivity index (χ1) is 8.59. The Kier molecular flexibility index (Phi) is 4.34. The van der Waals surface area contributed by atoms with Gasteiger partial charge in [-0.1, -0.05) is 0 Å². The van der Waals surface area contributed by atoms with Gasteiger partial charge in [0.05, 0.1) is 12.3 Å². The quantitative estimate of drug-likeness (QED) is 0.745. The SMILES string of the molecule is CC(=O)Nc1ccsc1CNCC1(O)CCOC1. The number of hydrogen-bond acceptors (Lipinski definition) is 5. The van der Waals surface area contributed by atoms with E-state index >= 15 is 0 Å². The van der Waals surface area contributed by atoms with Crippen molar-refractivity contribution in [2.75, 3.05) is 25.1 Å². The maximum absolute atomic E-state index is 11.0. The van der Waals surface area contributed by atoms with Crippen molar-refractivity contribution in [3.05, 3.63) is 16.3 Å². The van der Waals surface area contributed by atoms with Crippen molar-refractivity contribution in [2.45, 2.75) is 25.5 Å². The molecule has 5 nitrogen and oxygen atoms in total. The summed E-state index contributed by atoms with van der Waals surface area (Å²) in [5.41, 5.74) is 0.0977. The Morgan fingerprint density at radius 1 is 1.67 bits per heavy atom. The van der Waals surface area contributed by atoms with Gasteiger partial charge in [0.15, 0.2) is 0 Å². The fourth-order valence-electron chi connectivity index (χ4n) is 1.92. The summed E-state index contributed by atoms with van der Waals surface area (Å²) in [5.74, 6) is -0.0718. The van der Waals surface area contributed by atoms with Crippen LogP contribution in [0.3, 0.4) is 0 Å². The number of carbonyl (C=O) groups excluding carboxylic acids is 1. The van der Waals surface area contributed by atoms with E-state index in [4.69, 9.17) is 4.74 Å². The van der Waals surface area contributed by atoms with E-state index in [0.29, 0.717) is 32.7 Å². The first-order valence-electron chi connectivity index (χ1n) is 5.94. The Labute approximate surface area is 110 Å². The Balaban J connectivity index is 1.83. The minimum atomic E-state index is -0.745. The number of hydrogen-bond donors (Lipinski definition) is 3. The summed E-state index contributed by atoms with van der Waals surface area (Å²) in [4.78, 5) is 12.1. The molecule has 6 heteroatoms. The van der Waals surface area contributed by atoms with Gasteiger partial charge in [0.1, 0.15) is 5.60 Å². The first-order valence-corrected chi connectivity index (χ1v) is 6.82. The van der Waals surface area contributed by atoms with Gasteiger partial charge in [-0.25, -0.2) is 0 Å². The first kappa shape index (κ1) is 13.5. The molecule has 0 radical (unpaired) electrons. The summed E-state index contributed by atoms with van der Waals surface area (Å²) in [5, 5.41) is 18.0.